The van der Waals surface area contributed by atoms with Gasteiger partial charge >= 0.3 is 0 Å². The Morgan fingerprint density at radius 1 is 1.38 bits per heavy atom. The molecule has 0 bridgehead atoms. The van der Waals surface area contributed by atoms with Gasteiger partial charge in [0.15, 0.2) is 5.82 Å². The van der Waals surface area contributed by atoms with Crippen LogP contribution in [0.15, 0.2) is 18.3 Å². The number of nitrogens with zero attached hydrogens (tertiary/aromatic N) is 2. The Balaban J connectivity index is 2.87. The second kappa shape index (κ2) is 2.92. The van der Waals surface area contributed by atoms with E-state index in [1.165, 1.54) is 6.07 Å². The van der Waals surface area contributed by atoms with E-state index in [0.29, 0.717) is 16.2 Å². The van der Waals surface area contributed by atoms with Gasteiger partial charge < -0.3 is 0 Å². The first kappa shape index (κ1) is 8.38. The molecule has 2 nitrogen and oxygen atoms in total. The fourth-order valence-corrected chi connectivity index (χ4v) is 1.33. The summed E-state index contributed by atoms with van der Waals surface area (Å²) in [4.78, 5) is 8.04. The molecule has 1 aromatic carbocycles. The van der Waals surface area contributed by atoms with Crippen molar-refractivity contribution in [1.29, 1.82) is 0 Å². The lowest BCUT2D eigenvalue weighted by Crippen LogP contribution is -1.90. The first-order chi connectivity index (χ1) is 6.16. The zero-order chi connectivity index (χ0) is 9.42. The monoisotopic (exact) mass is 196 g/mol. The summed E-state index contributed by atoms with van der Waals surface area (Å²) in [6.07, 6.45) is 1.58. The highest BCUT2D eigenvalue weighted by Gasteiger charge is 2.04. The minimum atomic E-state index is -0.432. The Morgan fingerprint density at radius 3 is 2.92 bits per heavy atom. The Kier molecular flexibility index (Phi) is 1.88. The third kappa shape index (κ3) is 1.47. The van der Waals surface area contributed by atoms with Crippen LogP contribution in [0.1, 0.15) is 5.69 Å². The molecular formula is C9H6ClFN2. The Hall–Kier alpha value is -1.22. The van der Waals surface area contributed by atoms with E-state index >= 15 is 0 Å². The molecule has 1 heterocycles. The van der Waals surface area contributed by atoms with Crippen LogP contribution >= 0.6 is 11.6 Å². The Bertz CT molecular complexity index is 470. The Labute approximate surface area is 79.4 Å². The molecular weight excluding hydrogens is 191 g/mol. The van der Waals surface area contributed by atoms with Gasteiger partial charge in [-0.25, -0.2) is 9.37 Å². The SMILES string of the molecule is Cc1cnc2cc(Cl)cc(F)c2n1. The maximum absolute atomic E-state index is 13.2. The summed E-state index contributed by atoms with van der Waals surface area (Å²) in [6, 6.07) is 2.82. The van der Waals surface area contributed by atoms with Gasteiger partial charge in [0.25, 0.3) is 0 Å². The molecule has 2 aromatic rings. The molecule has 0 radical (unpaired) electrons. The van der Waals surface area contributed by atoms with Crippen LogP contribution in [-0.2, 0) is 0 Å². The maximum atomic E-state index is 13.2. The number of aryl methyl sites for hydroxylation is 1. The van der Waals surface area contributed by atoms with Crippen LogP contribution in [0.3, 0.4) is 0 Å². The van der Waals surface area contributed by atoms with Crippen molar-refractivity contribution in [3.63, 3.8) is 0 Å². The minimum absolute atomic E-state index is 0.268. The van der Waals surface area contributed by atoms with Gasteiger partial charge in [0.2, 0.25) is 0 Å². The zero-order valence-electron chi connectivity index (χ0n) is 6.88. The van der Waals surface area contributed by atoms with Crippen molar-refractivity contribution >= 4 is 22.6 Å². The summed E-state index contributed by atoms with van der Waals surface area (Å²) in [5.41, 5.74) is 1.44. The second-order valence-electron chi connectivity index (χ2n) is 2.77. The summed E-state index contributed by atoms with van der Waals surface area (Å²) >= 11 is 5.66. The van der Waals surface area contributed by atoms with Crippen molar-refractivity contribution in [2.24, 2.45) is 0 Å². The van der Waals surface area contributed by atoms with Crippen molar-refractivity contribution in [2.75, 3.05) is 0 Å². The third-order valence-corrected chi connectivity index (χ3v) is 1.90. The molecule has 0 aliphatic heterocycles. The van der Waals surface area contributed by atoms with Gasteiger partial charge in [-0.05, 0) is 19.1 Å². The molecule has 0 aliphatic rings. The number of benzene rings is 1. The largest absolute Gasteiger partial charge is 0.253 e. The molecule has 0 atom stereocenters. The number of halogens is 2. The van der Waals surface area contributed by atoms with Gasteiger partial charge in [-0.15, -0.1) is 0 Å². The summed E-state index contributed by atoms with van der Waals surface area (Å²) in [7, 11) is 0. The standard InChI is InChI=1S/C9H6ClFN2/c1-5-4-12-8-3-6(10)2-7(11)9(8)13-5/h2-4H,1H3. The highest BCUT2D eigenvalue weighted by Crippen LogP contribution is 2.19. The number of fused-ring (bicyclic) bond motifs is 1. The lowest BCUT2D eigenvalue weighted by Gasteiger charge is -1.99. The van der Waals surface area contributed by atoms with Crippen LogP contribution in [0.2, 0.25) is 5.02 Å². The van der Waals surface area contributed by atoms with E-state index in [9.17, 15) is 4.39 Å². The van der Waals surface area contributed by atoms with Gasteiger partial charge in [0, 0.05) is 11.2 Å². The molecule has 13 heavy (non-hydrogen) atoms. The first-order valence-corrected chi connectivity index (χ1v) is 4.13. The zero-order valence-corrected chi connectivity index (χ0v) is 7.64. The number of hydrogen-bond acceptors (Lipinski definition) is 2. The van der Waals surface area contributed by atoms with Crippen LogP contribution in [0.25, 0.3) is 11.0 Å². The van der Waals surface area contributed by atoms with E-state index < -0.39 is 5.82 Å². The Morgan fingerprint density at radius 2 is 2.15 bits per heavy atom. The topological polar surface area (TPSA) is 25.8 Å². The molecule has 0 N–H and O–H groups in total. The van der Waals surface area contributed by atoms with E-state index in [0.717, 1.165) is 0 Å². The van der Waals surface area contributed by atoms with E-state index in [1.54, 1.807) is 19.2 Å². The number of aromatic nitrogens is 2. The van der Waals surface area contributed by atoms with Crippen LogP contribution < -0.4 is 0 Å². The molecule has 0 aliphatic carbocycles. The average molecular weight is 197 g/mol. The van der Waals surface area contributed by atoms with Gasteiger partial charge in [-0.2, -0.15) is 0 Å². The molecule has 0 amide bonds. The van der Waals surface area contributed by atoms with Crippen LogP contribution in [0.4, 0.5) is 4.39 Å². The fourth-order valence-electron chi connectivity index (χ4n) is 1.13. The van der Waals surface area contributed by atoms with Gasteiger partial charge in [0.1, 0.15) is 5.52 Å². The summed E-state index contributed by atoms with van der Waals surface area (Å²) in [5.74, 6) is -0.432. The highest BCUT2D eigenvalue weighted by molar-refractivity contribution is 6.31. The lowest BCUT2D eigenvalue weighted by molar-refractivity contribution is 0.636. The molecule has 1 aromatic heterocycles. The van der Waals surface area contributed by atoms with E-state index in [4.69, 9.17) is 11.6 Å². The highest BCUT2D eigenvalue weighted by atomic mass is 35.5. The third-order valence-electron chi connectivity index (χ3n) is 1.69. The second-order valence-corrected chi connectivity index (χ2v) is 3.20. The summed E-state index contributed by atoms with van der Waals surface area (Å²) in [6.45, 7) is 1.76. The molecule has 0 saturated carbocycles. The van der Waals surface area contributed by atoms with E-state index in [-0.39, 0.29) is 5.52 Å². The van der Waals surface area contributed by atoms with Crippen molar-refractivity contribution in [3.05, 3.63) is 34.9 Å². The summed E-state index contributed by atoms with van der Waals surface area (Å²) < 4.78 is 13.2. The molecule has 2 rings (SSSR count). The van der Waals surface area contributed by atoms with E-state index in [2.05, 4.69) is 9.97 Å². The van der Waals surface area contributed by atoms with Crippen LogP contribution in [0.5, 0.6) is 0 Å². The van der Waals surface area contributed by atoms with Gasteiger partial charge in [-0.3, -0.25) is 4.98 Å². The van der Waals surface area contributed by atoms with Crippen molar-refractivity contribution < 1.29 is 4.39 Å². The van der Waals surface area contributed by atoms with Crippen molar-refractivity contribution in [1.82, 2.24) is 9.97 Å². The number of hydrogen-bond donors (Lipinski definition) is 0. The van der Waals surface area contributed by atoms with Crippen molar-refractivity contribution in [3.8, 4) is 0 Å². The lowest BCUT2D eigenvalue weighted by atomic mass is 10.3. The van der Waals surface area contributed by atoms with Crippen LogP contribution in [0, 0.1) is 12.7 Å². The molecule has 0 spiro atoms. The molecule has 0 unspecified atom stereocenters. The van der Waals surface area contributed by atoms with Gasteiger partial charge in [0.05, 0.1) is 11.2 Å². The predicted molar refractivity (Wildman–Crippen MR) is 49.2 cm³/mol. The van der Waals surface area contributed by atoms with Crippen LogP contribution in [-0.4, -0.2) is 9.97 Å². The number of rotatable bonds is 0. The smallest absolute Gasteiger partial charge is 0.152 e. The quantitative estimate of drug-likeness (QED) is 0.648. The maximum Gasteiger partial charge on any atom is 0.152 e. The van der Waals surface area contributed by atoms with Crippen molar-refractivity contribution in [2.45, 2.75) is 6.92 Å². The summed E-state index contributed by atoms with van der Waals surface area (Å²) in [5, 5.41) is 0.336. The molecule has 0 saturated heterocycles. The first-order valence-electron chi connectivity index (χ1n) is 3.75. The normalized spacial score (nSPS) is 10.7. The van der Waals surface area contributed by atoms with E-state index in [1.807, 2.05) is 0 Å². The predicted octanol–water partition coefficient (Wildman–Crippen LogP) is 2.73. The molecule has 66 valence electrons. The minimum Gasteiger partial charge on any atom is -0.253 e. The average Bonchev–Trinajstić information content (AvgIpc) is 2.06. The molecule has 4 heteroatoms. The fraction of sp³-hybridized carbons (Fsp3) is 0.111. The molecule has 0 fully saturated rings. The van der Waals surface area contributed by atoms with Gasteiger partial charge in [-0.1, -0.05) is 11.6 Å².